The average molecular weight is 409 g/mol. The summed E-state index contributed by atoms with van der Waals surface area (Å²) in [6, 6.07) is 9.28. The first kappa shape index (κ1) is 20.8. The van der Waals surface area contributed by atoms with Crippen LogP contribution in [0.15, 0.2) is 42.5 Å². The summed E-state index contributed by atoms with van der Waals surface area (Å²) in [5.41, 5.74) is -1.11. The van der Waals surface area contributed by atoms with Crippen LogP contribution in [0, 0.1) is 0 Å². The third-order valence-corrected chi connectivity index (χ3v) is 4.30. The van der Waals surface area contributed by atoms with Crippen molar-refractivity contribution in [1.29, 1.82) is 0 Å². The molecule has 3 rings (SSSR count). The Kier molecular flexibility index (Phi) is 5.38. The van der Waals surface area contributed by atoms with Crippen LogP contribution in [0.5, 0.6) is 11.5 Å². The Labute approximate surface area is 166 Å². The van der Waals surface area contributed by atoms with Crippen molar-refractivity contribution in [2.75, 3.05) is 13.1 Å². The SMILES string of the molecule is CC(C)(C)OC(=O)N1CC(Oc2cc(-c3ccccc3C(F)(F)F)ccc2O)C1. The van der Waals surface area contributed by atoms with E-state index in [1.54, 1.807) is 20.8 Å². The zero-order valence-electron chi connectivity index (χ0n) is 16.3. The lowest BCUT2D eigenvalue weighted by Gasteiger charge is -2.39. The Hall–Kier alpha value is -2.90. The molecule has 0 aliphatic carbocycles. The van der Waals surface area contributed by atoms with Crippen molar-refractivity contribution >= 4 is 6.09 Å². The number of carbonyl (C=O) groups excluding carboxylic acids is 1. The van der Waals surface area contributed by atoms with Gasteiger partial charge in [-0.05, 0) is 50.1 Å². The third-order valence-electron chi connectivity index (χ3n) is 4.30. The number of aromatic hydroxyl groups is 1. The van der Waals surface area contributed by atoms with Crippen LogP contribution in [0.25, 0.3) is 11.1 Å². The molecule has 0 unspecified atom stereocenters. The molecular weight excluding hydrogens is 387 g/mol. The highest BCUT2D eigenvalue weighted by atomic mass is 19.4. The van der Waals surface area contributed by atoms with Gasteiger partial charge in [0.25, 0.3) is 0 Å². The second-order valence-electron chi connectivity index (χ2n) is 7.85. The molecular formula is C21H22F3NO4. The highest BCUT2D eigenvalue weighted by Crippen LogP contribution is 2.40. The summed E-state index contributed by atoms with van der Waals surface area (Å²) in [6.45, 7) is 5.82. The van der Waals surface area contributed by atoms with Crippen LogP contribution in [0.3, 0.4) is 0 Å². The first-order valence-electron chi connectivity index (χ1n) is 9.08. The van der Waals surface area contributed by atoms with Gasteiger partial charge in [0.1, 0.15) is 11.7 Å². The first-order valence-corrected chi connectivity index (χ1v) is 9.08. The maximum atomic E-state index is 13.3. The maximum Gasteiger partial charge on any atom is 0.417 e. The van der Waals surface area contributed by atoms with E-state index < -0.39 is 23.4 Å². The molecule has 1 fully saturated rings. The van der Waals surface area contributed by atoms with Crippen molar-refractivity contribution in [3.8, 4) is 22.6 Å². The fourth-order valence-electron chi connectivity index (χ4n) is 2.93. The number of alkyl halides is 3. The van der Waals surface area contributed by atoms with E-state index in [1.807, 2.05) is 0 Å². The molecule has 0 radical (unpaired) electrons. The number of halogens is 3. The third kappa shape index (κ3) is 4.93. The van der Waals surface area contributed by atoms with Gasteiger partial charge in [-0.15, -0.1) is 0 Å². The lowest BCUT2D eigenvalue weighted by Crippen LogP contribution is -2.57. The molecule has 5 nitrogen and oxygen atoms in total. The number of hydrogen-bond acceptors (Lipinski definition) is 4. The molecule has 0 atom stereocenters. The Bertz CT molecular complexity index is 900. The van der Waals surface area contributed by atoms with E-state index in [1.165, 1.54) is 41.3 Å². The van der Waals surface area contributed by atoms with Crippen molar-refractivity contribution in [3.05, 3.63) is 48.0 Å². The summed E-state index contributed by atoms with van der Waals surface area (Å²) < 4.78 is 50.8. The smallest absolute Gasteiger partial charge is 0.417 e. The van der Waals surface area contributed by atoms with Crippen LogP contribution in [0.4, 0.5) is 18.0 Å². The molecule has 1 saturated heterocycles. The number of hydrogen-bond donors (Lipinski definition) is 1. The standard InChI is InChI=1S/C21H22F3NO4/c1-20(2,3)29-19(27)25-11-14(12-25)28-18-10-13(8-9-17(18)26)15-6-4-5-7-16(15)21(22,23)24/h4-10,14,26H,11-12H2,1-3H3. The van der Waals surface area contributed by atoms with Gasteiger partial charge >= 0.3 is 12.3 Å². The van der Waals surface area contributed by atoms with Crippen molar-refractivity contribution in [1.82, 2.24) is 4.90 Å². The van der Waals surface area contributed by atoms with Crippen LogP contribution in [-0.4, -0.2) is 40.9 Å². The minimum Gasteiger partial charge on any atom is -0.504 e. The highest BCUT2D eigenvalue weighted by Gasteiger charge is 2.36. The molecule has 1 amide bonds. The van der Waals surface area contributed by atoms with Crippen molar-refractivity contribution in [2.45, 2.75) is 38.7 Å². The molecule has 0 spiro atoms. The van der Waals surface area contributed by atoms with Gasteiger partial charge in [-0.2, -0.15) is 13.2 Å². The van der Waals surface area contributed by atoms with Gasteiger partial charge in [0.2, 0.25) is 0 Å². The fourth-order valence-corrected chi connectivity index (χ4v) is 2.93. The number of phenolic OH excluding ortho intramolecular Hbond substituents is 1. The summed E-state index contributed by atoms with van der Waals surface area (Å²) in [5, 5.41) is 10.1. The summed E-state index contributed by atoms with van der Waals surface area (Å²) in [4.78, 5) is 13.4. The summed E-state index contributed by atoms with van der Waals surface area (Å²) in [6.07, 6.45) is -5.35. The van der Waals surface area contributed by atoms with E-state index in [-0.39, 0.29) is 41.8 Å². The van der Waals surface area contributed by atoms with Gasteiger partial charge in [-0.3, -0.25) is 0 Å². The van der Waals surface area contributed by atoms with Gasteiger partial charge < -0.3 is 19.5 Å². The van der Waals surface area contributed by atoms with E-state index in [2.05, 4.69) is 0 Å². The molecule has 1 aliphatic rings. The lowest BCUT2D eigenvalue weighted by atomic mass is 9.99. The van der Waals surface area contributed by atoms with Crippen molar-refractivity contribution in [3.63, 3.8) is 0 Å². The largest absolute Gasteiger partial charge is 0.504 e. The van der Waals surface area contributed by atoms with Gasteiger partial charge in [-0.25, -0.2) is 4.79 Å². The number of benzene rings is 2. The Morgan fingerprint density at radius 1 is 1.10 bits per heavy atom. The molecule has 0 aromatic heterocycles. The predicted octanol–water partition coefficient (Wildman–Crippen LogP) is 5.08. The van der Waals surface area contributed by atoms with Crippen molar-refractivity contribution in [2.24, 2.45) is 0 Å². The molecule has 156 valence electrons. The first-order chi connectivity index (χ1) is 13.4. The number of likely N-dealkylation sites (tertiary alicyclic amines) is 1. The van der Waals surface area contributed by atoms with Crippen LogP contribution < -0.4 is 4.74 Å². The minimum atomic E-state index is -4.50. The molecule has 2 aromatic rings. The molecule has 0 bridgehead atoms. The second kappa shape index (κ2) is 7.50. The maximum absolute atomic E-state index is 13.3. The topological polar surface area (TPSA) is 59.0 Å². The van der Waals surface area contributed by atoms with Crippen LogP contribution >= 0.6 is 0 Å². The molecule has 1 N–H and O–H groups in total. The Morgan fingerprint density at radius 3 is 2.38 bits per heavy atom. The predicted molar refractivity (Wildman–Crippen MR) is 101 cm³/mol. The summed E-state index contributed by atoms with van der Waals surface area (Å²) in [7, 11) is 0. The molecule has 0 saturated carbocycles. The average Bonchev–Trinajstić information content (AvgIpc) is 2.56. The van der Waals surface area contributed by atoms with E-state index in [9.17, 15) is 23.1 Å². The number of rotatable bonds is 3. The number of phenols is 1. The Balaban J connectivity index is 1.73. The van der Waals surface area contributed by atoms with E-state index in [0.717, 1.165) is 6.07 Å². The zero-order chi connectivity index (χ0) is 21.4. The number of nitrogens with zero attached hydrogens (tertiary/aromatic N) is 1. The Morgan fingerprint density at radius 2 is 1.76 bits per heavy atom. The van der Waals surface area contributed by atoms with Crippen LogP contribution in [0.1, 0.15) is 26.3 Å². The molecule has 29 heavy (non-hydrogen) atoms. The van der Waals surface area contributed by atoms with Gasteiger partial charge in [0.15, 0.2) is 11.5 Å². The minimum absolute atomic E-state index is 0.00570. The van der Waals surface area contributed by atoms with Crippen molar-refractivity contribution < 1.29 is 32.5 Å². The molecule has 1 heterocycles. The van der Waals surface area contributed by atoms with Gasteiger partial charge in [0.05, 0.1) is 18.7 Å². The van der Waals surface area contributed by atoms with Crippen LogP contribution in [0.2, 0.25) is 0 Å². The van der Waals surface area contributed by atoms with Crippen LogP contribution in [-0.2, 0) is 10.9 Å². The van der Waals surface area contributed by atoms with E-state index >= 15 is 0 Å². The van der Waals surface area contributed by atoms with Gasteiger partial charge in [0, 0.05) is 0 Å². The highest BCUT2D eigenvalue weighted by molar-refractivity contribution is 5.71. The number of amides is 1. The second-order valence-corrected chi connectivity index (χ2v) is 7.85. The fraction of sp³-hybridized carbons (Fsp3) is 0.381. The zero-order valence-corrected chi connectivity index (χ0v) is 16.3. The summed E-state index contributed by atoms with van der Waals surface area (Å²) >= 11 is 0. The summed E-state index contributed by atoms with van der Waals surface area (Å²) in [5.74, 6) is -0.123. The molecule has 2 aromatic carbocycles. The van der Waals surface area contributed by atoms with E-state index in [4.69, 9.17) is 9.47 Å². The van der Waals surface area contributed by atoms with Gasteiger partial charge in [-0.1, -0.05) is 24.3 Å². The monoisotopic (exact) mass is 409 g/mol. The molecule has 8 heteroatoms. The van der Waals surface area contributed by atoms with E-state index in [0.29, 0.717) is 0 Å². The molecule has 1 aliphatic heterocycles. The normalized spacial score (nSPS) is 15.0. The number of ether oxygens (including phenoxy) is 2. The number of carbonyl (C=O) groups is 1. The quantitative estimate of drug-likeness (QED) is 0.769. The lowest BCUT2D eigenvalue weighted by molar-refractivity contribution is -0.137.